The Balaban J connectivity index is 2.60. The number of halogens is 1. The molecule has 0 saturated carbocycles. The lowest BCUT2D eigenvalue weighted by atomic mass is 10.2. The number of amides is 1. The quantitative estimate of drug-likeness (QED) is 0.829. The average molecular weight is 226 g/mol. The molecule has 1 rings (SSSR count). The molecule has 4 heteroatoms. The number of rotatable bonds is 3. The summed E-state index contributed by atoms with van der Waals surface area (Å²) in [6.07, 6.45) is 3.48. The Morgan fingerprint density at radius 1 is 1.60 bits per heavy atom. The zero-order valence-electron chi connectivity index (χ0n) is 8.33. The highest BCUT2D eigenvalue weighted by Crippen LogP contribution is 2.22. The topological polar surface area (TPSA) is 49.3 Å². The Labute approximate surface area is 93.4 Å². The van der Waals surface area contributed by atoms with Crippen molar-refractivity contribution in [2.75, 3.05) is 6.54 Å². The third-order valence-electron chi connectivity index (χ3n) is 1.76. The van der Waals surface area contributed by atoms with Crippen LogP contribution in [0.2, 0.25) is 5.02 Å². The van der Waals surface area contributed by atoms with Gasteiger partial charge in [0.05, 0.1) is 0 Å². The molecule has 2 N–H and O–H groups in total. The lowest BCUT2D eigenvalue weighted by Gasteiger charge is -1.99. The fraction of sp³-hybridized carbons (Fsp3) is 0.182. The van der Waals surface area contributed by atoms with Crippen LogP contribution in [0.15, 0.2) is 24.3 Å². The van der Waals surface area contributed by atoms with Gasteiger partial charge < -0.3 is 10.4 Å². The van der Waals surface area contributed by atoms with E-state index in [-0.39, 0.29) is 11.7 Å². The molecule has 1 aromatic rings. The van der Waals surface area contributed by atoms with Crippen LogP contribution in [-0.2, 0) is 4.79 Å². The van der Waals surface area contributed by atoms with Gasteiger partial charge in [0.25, 0.3) is 0 Å². The number of hydrogen-bond acceptors (Lipinski definition) is 2. The van der Waals surface area contributed by atoms with Crippen molar-refractivity contribution in [3.8, 4) is 5.75 Å². The van der Waals surface area contributed by atoms with Crippen molar-refractivity contribution in [1.82, 2.24) is 5.32 Å². The Hall–Kier alpha value is -1.48. The monoisotopic (exact) mass is 225 g/mol. The Morgan fingerprint density at radius 2 is 2.33 bits per heavy atom. The van der Waals surface area contributed by atoms with Crippen LogP contribution in [-0.4, -0.2) is 17.6 Å². The van der Waals surface area contributed by atoms with Crippen molar-refractivity contribution in [3.63, 3.8) is 0 Å². The summed E-state index contributed by atoms with van der Waals surface area (Å²) in [6, 6.07) is 4.88. The van der Waals surface area contributed by atoms with E-state index in [4.69, 9.17) is 11.6 Å². The second kappa shape index (κ2) is 5.41. The maximum absolute atomic E-state index is 10.6. The molecule has 1 aromatic carbocycles. The first-order chi connectivity index (χ1) is 7.09. The third kappa shape index (κ3) is 4.04. The molecule has 0 aliphatic rings. The smallest absolute Gasteiger partial charge is 0.217 e. The number of phenols is 1. The van der Waals surface area contributed by atoms with Gasteiger partial charge in [-0.3, -0.25) is 4.79 Å². The van der Waals surface area contributed by atoms with Crippen LogP contribution in [0.5, 0.6) is 5.75 Å². The highest BCUT2D eigenvalue weighted by Gasteiger charge is 1.97. The summed E-state index contributed by atoms with van der Waals surface area (Å²) in [7, 11) is 0. The van der Waals surface area contributed by atoms with E-state index in [0.29, 0.717) is 17.1 Å². The molecule has 0 heterocycles. The van der Waals surface area contributed by atoms with Crippen LogP contribution in [0.1, 0.15) is 12.5 Å². The van der Waals surface area contributed by atoms with Gasteiger partial charge in [-0.05, 0) is 18.2 Å². The number of hydrogen-bond donors (Lipinski definition) is 2. The van der Waals surface area contributed by atoms with E-state index in [9.17, 15) is 9.90 Å². The predicted molar refractivity (Wildman–Crippen MR) is 60.8 cm³/mol. The van der Waals surface area contributed by atoms with Gasteiger partial charge >= 0.3 is 0 Å². The number of carbonyl (C=O) groups excluding carboxylic acids is 1. The van der Waals surface area contributed by atoms with Gasteiger partial charge in [0.1, 0.15) is 5.75 Å². The zero-order valence-corrected chi connectivity index (χ0v) is 9.08. The van der Waals surface area contributed by atoms with Crippen molar-refractivity contribution in [2.45, 2.75) is 6.92 Å². The number of nitrogens with one attached hydrogen (secondary N) is 1. The van der Waals surface area contributed by atoms with Crippen LogP contribution < -0.4 is 5.32 Å². The van der Waals surface area contributed by atoms with E-state index < -0.39 is 0 Å². The first-order valence-corrected chi connectivity index (χ1v) is 4.87. The van der Waals surface area contributed by atoms with Crippen LogP contribution in [0.25, 0.3) is 6.08 Å². The lowest BCUT2D eigenvalue weighted by molar-refractivity contribution is -0.118. The molecule has 80 valence electrons. The number of benzene rings is 1. The third-order valence-corrected chi connectivity index (χ3v) is 1.99. The van der Waals surface area contributed by atoms with Crippen molar-refractivity contribution < 1.29 is 9.90 Å². The van der Waals surface area contributed by atoms with Crippen molar-refractivity contribution >= 4 is 23.6 Å². The Bertz CT molecular complexity index is 388. The molecule has 0 bridgehead atoms. The average Bonchev–Trinajstić information content (AvgIpc) is 2.14. The van der Waals surface area contributed by atoms with Gasteiger partial charge in [-0.1, -0.05) is 23.8 Å². The molecular weight excluding hydrogens is 214 g/mol. The summed E-state index contributed by atoms with van der Waals surface area (Å²) < 4.78 is 0. The van der Waals surface area contributed by atoms with E-state index in [0.717, 1.165) is 0 Å². The number of carbonyl (C=O) groups is 1. The summed E-state index contributed by atoms with van der Waals surface area (Å²) in [5.41, 5.74) is 0.671. The fourth-order valence-corrected chi connectivity index (χ4v) is 1.21. The van der Waals surface area contributed by atoms with E-state index in [1.807, 2.05) is 0 Å². The molecule has 0 unspecified atom stereocenters. The van der Waals surface area contributed by atoms with Gasteiger partial charge in [0.2, 0.25) is 5.91 Å². The number of aromatic hydroxyl groups is 1. The first kappa shape index (κ1) is 11.6. The molecule has 0 aliphatic heterocycles. The van der Waals surface area contributed by atoms with Crippen LogP contribution in [0.3, 0.4) is 0 Å². The lowest BCUT2D eigenvalue weighted by Crippen LogP contribution is -2.19. The first-order valence-electron chi connectivity index (χ1n) is 4.49. The normalized spacial score (nSPS) is 10.5. The van der Waals surface area contributed by atoms with E-state index >= 15 is 0 Å². The van der Waals surface area contributed by atoms with Gasteiger partial charge in [0, 0.05) is 24.1 Å². The molecule has 0 fully saturated rings. The second-order valence-corrected chi connectivity index (χ2v) is 3.48. The van der Waals surface area contributed by atoms with E-state index in [1.54, 1.807) is 24.3 Å². The highest BCUT2D eigenvalue weighted by atomic mass is 35.5. The molecule has 0 radical (unpaired) electrons. The van der Waals surface area contributed by atoms with E-state index in [2.05, 4.69) is 5.32 Å². The summed E-state index contributed by atoms with van der Waals surface area (Å²) in [4.78, 5) is 10.6. The van der Waals surface area contributed by atoms with Gasteiger partial charge in [-0.2, -0.15) is 0 Å². The van der Waals surface area contributed by atoms with Crippen molar-refractivity contribution in [1.29, 1.82) is 0 Å². The van der Waals surface area contributed by atoms with Gasteiger partial charge in [0.15, 0.2) is 0 Å². The Morgan fingerprint density at radius 3 is 2.93 bits per heavy atom. The molecule has 0 aromatic heterocycles. The Kier molecular flexibility index (Phi) is 4.18. The van der Waals surface area contributed by atoms with Gasteiger partial charge in [-0.25, -0.2) is 0 Å². The molecule has 0 aliphatic carbocycles. The molecule has 0 atom stereocenters. The predicted octanol–water partition coefficient (Wildman–Crippen LogP) is 2.19. The fourth-order valence-electron chi connectivity index (χ4n) is 1.05. The molecular formula is C11H12ClNO2. The second-order valence-electron chi connectivity index (χ2n) is 3.04. The maximum atomic E-state index is 10.6. The standard InChI is InChI=1S/C11H12ClNO2/c1-8(14)13-6-2-3-9-4-5-10(12)7-11(9)15/h2-5,7,15H,6H2,1H3,(H,13,14). The highest BCUT2D eigenvalue weighted by molar-refractivity contribution is 6.30. The molecule has 15 heavy (non-hydrogen) atoms. The van der Waals surface area contributed by atoms with Gasteiger partial charge in [-0.15, -0.1) is 0 Å². The molecule has 0 saturated heterocycles. The minimum atomic E-state index is -0.0834. The van der Waals surface area contributed by atoms with Crippen molar-refractivity contribution in [2.24, 2.45) is 0 Å². The molecule has 1 amide bonds. The summed E-state index contributed by atoms with van der Waals surface area (Å²) in [5, 5.41) is 12.6. The van der Waals surface area contributed by atoms with E-state index in [1.165, 1.54) is 13.0 Å². The molecule has 0 spiro atoms. The van der Waals surface area contributed by atoms with Crippen LogP contribution in [0.4, 0.5) is 0 Å². The maximum Gasteiger partial charge on any atom is 0.217 e. The zero-order chi connectivity index (χ0) is 11.3. The van der Waals surface area contributed by atoms with Crippen LogP contribution in [0, 0.1) is 0 Å². The molecule has 3 nitrogen and oxygen atoms in total. The minimum absolute atomic E-state index is 0.0834. The SMILES string of the molecule is CC(=O)NCC=Cc1ccc(Cl)cc1O. The summed E-state index contributed by atoms with van der Waals surface area (Å²) >= 11 is 5.68. The summed E-state index contributed by atoms with van der Waals surface area (Å²) in [6.45, 7) is 1.89. The minimum Gasteiger partial charge on any atom is -0.507 e. The summed E-state index contributed by atoms with van der Waals surface area (Å²) in [5.74, 6) is 0.0431. The largest absolute Gasteiger partial charge is 0.507 e. The number of phenolic OH excluding ortho intramolecular Hbond substituents is 1. The van der Waals surface area contributed by atoms with Crippen LogP contribution >= 0.6 is 11.6 Å². The van der Waals surface area contributed by atoms with Crippen molar-refractivity contribution in [3.05, 3.63) is 34.9 Å².